The van der Waals surface area contributed by atoms with Gasteiger partial charge in [0, 0.05) is 0 Å². The van der Waals surface area contributed by atoms with Crippen molar-refractivity contribution in [3.8, 4) is 0 Å². The van der Waals surface area contributed by atoms with Crippen LogP contribution >= 0.6 is 54.0 Å². The summed E-state index contributed by atoms with van der Waals surface area (Å²) in [6, 6.07) is 0. The molecular formula is C24H56S4. The third-order valence-electron chi connectivity index (χ3n) is 0. The van der Waals surface area contributed by atoms with Crippen LogP contribution in [0.3, 0.4) is 0 Å². The van der Waals surface area contributed by atoms with E-state index < -0.39 is 0 Å². The number of hydrogen-bond donors (Lipinski definition) is 0. The third kappa shape index (κ3) is 32400. The number of hydrogen-bond acceptors (Lipinski definition) is 0. The molecule has 0 aromatic carbocycles. The van der Waals surface area contributed by atoms with E-state index in [0.29, 0.717) is 0 Å². The minimum absolute atomic E-state index is 0. The van der Waals surface area contributed by atoms with Crippen molar-refractivity contribution < 1.29 is 0 Å². The second-order valence-electron chi connectivity index (χ2n) is 3.27. The summed E-state index contributed by atoms with van der Waals surface area (Å²) in [6.07, 6.45) is 14.0. The van der Waals surface area contributed by atoms with Crippen LogP contribution in [-0.2, 0) is 0 Å². The lowest BCUT2D eigenvalue weighted by Gasteiger charge is -1.31. The minimum Gasteiger partial charge on any atom is -0.197 e. The van der Waals surface area contributed by atoms with E-state index >= 15 is 0 Å². The molecular weight excluding hydrogens is 417 g/mol. The van der Waals surface area contributed by atoms with Gasteiger partial charge in [-0.25, -0.2) is 0 Å². The molecule has 0 unspecified atom stereocenters. The van der Waals surface area contributed by atoms with Crippen molar-refractivity contribution in [1.82, 2.24) is 0 Å². The van der Waals surface area contributed by atoms with Crippen LogP contribution in [0.25, 0.3) is 0 Å². The predicted molar refractivity (Wildman–Crippen MR) is 168 cm³/mol. The fourth-order valence-electron chi connectivity index (χ4n) is 0. The van der Waals surface area contributed by atoms with Crippen molar-refractivity contribution in [3.63, 3.8) is 0 Å². The Hall–Kier alpha value is -0.680. The smallest absolute Gasteiger partial charge is 0.0473 e. The Morgan fingerprint density at radius 2 is 0.250 bits per heavy atom. The van der Waals surface area contributed by atoms with E-state index in [0.717, 1.165) is 0 Å². The zero-order valence-corrected chi connectivity index (χ0v) is 24.3. The highest BCUT2D eigenvalue weighted by atomic mass is 32.1. The largest absolute Gasteiger partial charge is 0.197 e. The molecule has 0 saturated carbocycles. The highest BCUT2D eigenvalue weighted by Crippen LogP contribution is 1.40. The first kappa shape index (κ1) is 80.6. The number of rotatable bonds is 0. The molecule has 0 aliphatic rings. The lowest BCUT2D eigenvalue weighted by Crippen LogP contribution is -1.07. The van der Waals surface area contributed by atoms with E-state index in [4.69, 9.17) is 0 Å². The first-order chi connectivity index (χ1) is 11.3. The summed E-state index contributed by atoms with van der Waals surface area (Å²) in [4.78, 5) is 0. The van der Waals surface area contributed by atoms with Gasteiger partial charge in [0.1, 0.15) is 0 Å². The fourth-order valence-corrected chi connectivity index (χ4v) is 0. The Kier molecular flexibility index (Phi) is 907. The quantitative estimate of drug-likeness (QED) is 0.307. The standard InChI is InChI=1S/8C3H6.4H2S/c8*1-3-2;;;;/h8*3H,1H2,2H3;4*1H2. The molecule has 0 saturated heterocycles. The summed E-state index contributed by atoms with van der Waals surface area (Å²) < 4.78 is 0. The fraction of sp³-hybridized carbons (Fsp3) is 0.333. The molecule has 0 fully saturated rings. The van der Waals surface area contributed by atoms with Crippen LogP contribution in [0.2, 0.25) is 0 Å². The zero-order valence-electron chi connectivity index (χ0n) is 20.3. The molecule has 0 amide bonds. The first-order valence-corrected chi connectivity index (χ1v) is 7.88. The van der Waals surface area contributed by atoms with Gasteiger partial charge in [-0.2, -0.15) is 54.0 Å². The van der Waals surface area contributed by atoms with E-state index in [1.165, 1.54) is 0 Å². The van der Waals surface area contributed by atoms with Crippen molar-refractivity contribution in [3.05, 3.63) is 101 Å². The Balaban J connectivity index is -0.0000000102. The first-order valence-electron chi connectivity index (χ1n) is 7.88. The summed E-state index contributed by atoms with van der Waals surface area (Å²) in [5.41, 5.74) is 0. The molecule has 0 spiro atoms. The van der Waals surface area contributed by atoms with Gasteiger partial charge >= 0.3 is 0 Å². The molecule has 28 heavy (non-hydrogen) atoms. The Morgan fingerprint density at radius 3 is 0.250 bits per heavy atom. The summed E-state index contributed by atoms with van der Waals surface area (Å²) in [7, 11) is 0. The molecule has 4 heteroatoms. The maximum Gasteiger partial charge on any atom is -0.0473 e. The second-order valence-corrected chi connectivity index (χ2v) is 3.27. The molecule has 0 atom stereocenters. The zero-order chi connectivity index (χ0) is 21.7. The normalized spacial score (nSPS) is 3.71. The van der Waals surface area contributed by atoms with Gasteiger partial charge in [0.15, 0.2) is 0 Å². The Morgan fingerprint density at radius 1 is 0.250 bits per heavy atom. The minimum atomic E-state index is 0. The molecule has 0 bridgehead atoms. The van der Waals surface area contributed by atoms with Gasteiger partial charge in [0.25, 0.3) is 0 Å². The van der Waals surface area contributed by atoms with E-state index in [-0.39, 0.29) is 54.0 Å². The van der Waals surface area contributed by atoms with Crippen LogP contribution < -0.4 is 0 Å². The van der Waals surface area contributed by atoms with Gasteiger partial charge in [0.2, 0.25) is 0 Å². The van der Waals surface area contributed by atoms with Crippen molar-refractivity contribution in [2.45, 2.75) is 55.4 Å². The maximum absolute atomic E-state index is 3.36. The third-order valence-corrected chi connectivity index (χ3v) is 0. The van der Waals surface area contributed by atoms with Crippen LogP contribution in [0.1, 0.15) is 55.4 Å². The van der Waals surface area contributed by atoms with E-state index in [1.54, 1.807) is 48.6 Å². The van der Waals surface area contributed by atoms with Crippen molar-refractivity contribution >= 4 is 54.0 Å². The highest BCUT2D eigenvalue weighted by Gasteiger charge is 1.17. The molecule has 0 aliphatic carbocycles. The lowest BCUT2D eigenvalue weighted by atomic mass is 10.8. The van der Waals surface area contributed by atoms with Crippen molar-refractivity contribution in [2.24, 2.45) is 0 Å². The van der Waals surface area contributed by atoms with E-state index in [9.17, 15) is 0 Å². The van der Waals surface area contributed by atoms with Crippen LogP contribution in [0, 0.1) is 0 Å². The Labute approximate surface area is 209 Å². The van der Waals surface area contributed by atoms with Gasteiger partial charge in [-0.1, -0.05) is 48.6 Å². The van der Waals surface area contributed by atoms with E-state index in [2.05, 4.69) is 52.6 Å². The van der Waals surface area contributed by atoms with E-state index in [1.807, 2.05) is 55.4 Å². The van der Waals surface area contributed by atoms with Gasteiger partial charge < -0.3 is 0 Å². The number of allylic oxidation sites excluding steroid dienone is 8. The van der Waals surface area contributed by atoms with Crippen LogP contribution in [0.15, 0.2) is 101 Å². The lowest BCUT2D eigenvalue weighted by molar-refractivity contribution is 1.80. The summed E-state index contributed by atoms with van der Waals surface area (Å²) >= 11 is 0. The molecule has 0 aromatic rings. The molecule has 0 N–H and O–H groups in total. The van der Waals surface area contributed by atoms with Crippen LogP contribution in [0.4, 0.5) is 0 Å². The van der Waals surface area contributed by atoms with Gasteiger partial charge in [-0.3, -0.25) is 0 Å². The average Bonchev–Trinajstić information content (AvgIpc) is 2.45. The molecule has 0 heterocycles. The molecule has 0 radical (unpaired) electrons. The summed E-state index contributed by atoms with van der Waals surface area (Å²) in [5.74, 6) is 0. The molecule has 0 aromatic heterocycles. The monoisotopic (exact) mass is 472 g/mol. The SMILES string of the molecule is C=CC.C=CC.C=CC.C=CC.C=CC.C=CC.C=CC.C=CC.S.S.S.S. The van der Waals surface area contributed by atoms with Gasteiger partial charge in [-0.05, 0) is 55.4 Å². The van der Waals surface area contributed by atoms with Crippen molar-refractivity contribution in [1.29, 1.82) is 0 Å². The highest BCUT2D eigenvalue weighted by molar-refractivity contribution is 7.59. The summed E-state index contributed by atoms with van der Waals surface area (Å²) in [6.45, 7) is 42.0. The van der Waals surface area contributed by atoms with Crippen LogP contribution in [0.5, 0.6) is 0 Å². The maximum atomic E-state index is 3.36. The molecule has 0 aliphatic heterocycles. The summed E-state index contributed by atoms with van der Waals surface area (Å²) in [5, 5.41) is 0. The van der Waals surface area contributed by atoms with Crippen molar-refractivity contribution in [2.75, 3.05) is 0 Å². The molecule has 0 rings (SSSR count). The predicted octanol–water partition coefficient (Wildman–Crippen LogP) is 9.99. The van der Waals surface area contributed by atoms with Gasteiger partial charge in [0.05, 0.1) is 0 Å². The topological polar surface area (TPSA) is 0 Å². The second kappa shape index (κ2) is 315. The molecule has 176 valence electrons. The van der Waals surface area contributed by atoms with Crippen LogP contribution in [-0.4, -0.2) is 0 Å². The molecule has 0 nitrogen and oxygen atoms in total. The van der Waals surface area contributed by atoms with Gasteiger partial charge in [-0.15, -0.1) is 52.6 Å². The average molecular weight is 473 g/mol. The Bertz CT molecular complexity index is 149.